The third-order valence-electron chi connectivity index (χ3n) is 7.10. The second-order valence-electron chi connectivity index (χ2n) is 9.47. The first-order valence-electron chi connectivity index (χ1n) is 12.2. The molecule has 0 saturated carbocycles. The molecule has 1 aromatic carbocycles. The SMILES string of the molecule is C=CCn1c(O[C@@H]2CO[C@H]3[C@@H]2OC[C@H]3O)nc2nc(-c3ccc(-n4cc5c(n4)CNC5)cc3)c(Cl)cc21. The van der Waals surface area contributed by atoms with Crippen molar-refractivity contribution in [2.24, 2.45) is 0 Å². The molecule has 190 valence electrons. The van der Waals surface area contributed by atoms with E-state index in [1.165, 1.54) is 5.56 Å². The number of aliphatic hydroxyl groups is 1. The molecule has 4 atom stereocenters. The summed E-state index contributed by atoms with van der Waals surface area (Å²) in [4.78, 5) is 9.47. The van der Waals surface area contributed by atoms with Gasteiger partial charge in [-0.25, -0.2) is 9.67 Å². The molecule has 0 radical (unpaired) electrons. The minimum atomic E-state index is -0.647. The number of halogens is 1. The van der Waals surface area contributed by atoms with E-state index in [4.69, 9.17) is 30.8 Å². The van der Waals surface area contributed by atoms with Crippen molar-refractivity contribution in [3.05, 3.63) is 65.5 Å². The molecular weight excluding hydrogens is 496 g/mol. The largest absolute Gasteiger partial charge is 0.456 e. The molecule has 0 spiro atoms. The summed E-state index contributed by atoms with van der Waals surface area (Å²) in [5.74, 6) is 0. The summed E-state index contributed by atoms with van der Waals surface area (Å²) in [6, 6.07) is 10.2. The Bertz CT molecular complexity index is 1480. The van der Waals surface area contributed by atoms with Crippen LogP contribution in [0.25, 0.3) is 28.1 Å². The van der Waals surface area contributed by atoms with E-state index in [1.807, 2.05) is 39.6 Å². The van der Waals surface area contributed by atoms with Crippen molar-refractivity contribution in [2.75, 3.05) is 13.2 Å². The van der Waals surface area contributed by atoms with Gasteiger partial charge >= 0.3 is 0 Å². The molecule has 0 amide bonds. The number of imidazole rings is 1. The first-order valence-corrected chi connectivity index (χ1v) is 12.6. The Balaban J connectivity index is 1.20. The maximum atomic E-state index is 10.0. The molecule has 0 bridgehead atoms. The molecule has 2 N–H and O–H groups in total. The maximum Gasteiger partial charge on any atom is 0.299 e. The van der Waals surface area contributed by atoms with Gasteiger partial charge in [-0.15, -0.1) is 6.58 Å². The van der Waals surface area contributed by atoms with Gasteiger partial charge in [0.05, 0.1) is 40.8 Å². The summed E-state index contributed by atoms with van der Waals surface area (Å²) >= 11 is 6.72. The van der Waals surface area contributed by atoms with Gasteiger partial charge in [-0.2, -0.15) is 10.1 Å². The van der Waals surface area contributed by atoms with Crippen LogP contribution >= 0.6 is 11.6 Å². The molecule has 3 aliphatic heterocycles. The van der Waals surface area contributed by atoms with Crippen molar-refractivity contribution >= 4 is 22.8 Å². The van der Waals surface area contributed by atoms with E-state index in [9.17, 15) is 5.11 Å². The molecule has 4 aromatic rings. The van der Waals surface area contributed by atoms with E-state index in [-0.39, 0.29) is 24.9 Å². The number of aliphatic hydroxyl groups excluding tert-OH is 1. The molecule has 11 heteroatoms. The number of nitrogens with zero attached hydrogens (tertiary/aromatic N) is 5. The predicted octanol–water partition coefficient (Wildman–Crippen LogP) is 2.63. The molecule has 2 fully saturated rings. The van der Waals surface area contributed by atoms with Crippen molar-refractivity contribution in [3.63, 3.8) is 0 Å². The fraction of sp³-hybridized carbons (Fsp3) is 0.346. The lowest BCUT2D eigenvalue weighted by Crippen LogP contribution is -2.35. The Morgan fingerprint density at radius 2 is 2.00 bits per heavy atom. The van der Waals surface area contributed by atoms with Gasteiger partial charge in [0, 0.05) is 37.0 Å². The van der Waals surface area contributed by atoms with Gasteiger partial charge in [0.2, 0.25) is 0 Å². The Kier molecular flexibility index (Phi) is 5.52. The zero-order valence-electron chi connectivity index (χ0n) is 19.9. The summed E-state index contributed by atoms with van der Waals surface area (Å²) in [6.45, 7) is 6.52. The van der Waals surface area contributed by atoms with Crippen molar-refractivity contribution in [2.45, 2.75) is 44.1 Å². The van der Waals surface area contributed by atoms with E-state index in [2.05, 4.69) is 28.2 Å². The number of hydrogen-bond acceptors (Lipinski definition) is 8. The van der Waals surface area contributed by atoms with Crippen LogP contribution in [0.4, 0.5) is 0 Å². The second kappa shape index (κ2) is 8.93. The zero-order valence-corrected chi connectivity index (χ0v) is 20.6. The van der Waals surface area contributed by atoms with Crippen LogP contribution in [-0.4, -0.2) is 67.1 Å². The average molecular weight is 521 g/mol. The van der Waals surface area contributed by atoms with Gasteiger partial charge in [0.25, 0.3) is 6.01 Å². The molecule has 3 aliphatic rings. The van der Waals surface area contributed by atoms with Crippen LogP contribution in [0.3, 0.4) is 0 Å². The highest BCUT2D eigenvalue weighted by atomic mass is 35.5. The first kappa shape index (κ1) is 22.9. The zero-order chi connectivity index (χ0) is 25.1. The summed E-state index contributed by atoms with van der Waals surface area (Å²) < 4.78 is 21.4. The molecule has 37 heavy (non-hydrogen) atoms. The average Bonchev–Trinajstić information content (AvgIpc) is 3.70. The van der Waals surface area contributed by atoms with Crippen LogP contribution < -0.4 is 10.1 Å². The van der Waals surface area contributed by atoms with Gasteiger partial charge in [0.15, 0.2) is 11.8 Å². The first-order chi connectivity index (χ1) is 18.1. The Hall–Kier alpha value is -3.28. The van der Waals surface area contributed by atoms with Gasteiger partial charge in [-0.1, -0.05) is 29.8 Å². The highest BCUT2D eigenvalue weighted by molar-refractivity contribution is 6.33. The van der Waals surface area contributed by atoms with Crippen molar-refractivity contribution in [1.29, 1.82) is 0 Å². The minimum absolute atomic E-state index is 0.234. The number of aromatic nitrogens is 5. The summed E-state index contributed by atoms with van der Waals surface area (Å²) in [6.07, 6.45) is 2.06. The minimum Gasteiger partial charge on any atom is -0.456 e. The van der Waals surface area contributed by atoms with Crippen LogP contribution in [-0.2, 0) is 29.1 Å². The number of benzene rings is 1. The van der Waals surface area contributed by atoms with Crippen LogP contribution in [0.5, 0.6) is 6.01 Å². The van der Waals surface area contributed by atoms with E-state index in [0.29, 0.717) is 35.5 Å². The van der Waals surface area contributed by atoms with Crippen LogP contribution in [0, 0.1) is 0 Å². The van der Waals surface area contributed by atoms with E-state index < -0.39 is 6.10 Å². The molecule has 3 aromatic heterocycles. The van der Waals surface area contributed by atoms with Crippen molar-refractivity contribution in [1.82, 2.24) is 29.6 Å². The quantitative estimate of drug-likeness (QED) is 0.374. The molecular formula is C26H25ClN6O4. The Labute approximate surface area is 217 Å². The normalized spacial score (nSPS) is 24.5. The van der Waals surface area contributed by atoms with Gasteiger partial charge < -0.3 is 24.6 Å². The second-order valence-corrected chi connectivity index (χ2v) is 9.88. The fourth-order valence-corrected chi connectivity index (χ4v) is 5.50. The van der Waals surface area contributed by atoms with Gasteiger partial charge in [-0.3, -0.25) is 4.57 Å². The smallest absolute Gasteiger partial charge is 0.299 e. The van der Waals surface area contributed by atoms with Crippen LogP contribution in [0.2, 0.25) is 5.02 Å². The predicted molar refractivity (Wildman–Crippen MR) is 136 cm³/mol. The number of allylic oxidation sites excluding steroid dienone is 1. The molecule has 0 unspecified atom stereocenters. The Morgan fingerprint density at radius 3 is 2.81 bits per heavy atom. The van der Waals surface area contributed by atoms with Crippen molar-refractivity contribution < 1.29 is 19.3 Å². The topological polar surface area (TPSA) is 108 Å². The summed E-state index contributed by atoms with van der Waals surface area (Å²) in [7, 11) is 0. The monoisotopic (exact) mass is 520 g/mol. The van der Waals surface area contributed by atoms with Crippen LogP contribution in [0.1, 0.15) is 11.3 Å². The standard InChI is InChI=1S/C26H25ClN6O4/c1-2-7-32-19-8-17(27)22(14-3-5-16(6-4-14)33-11-15-9-28-10-18(15)31-33)29-25(19)30-26(32)37-21-13-36-23-20(34)12-35-24(21)23/h2-6,8,11,20-21,23-24,28,34H,1,7,9-10,12-13H2/t20-,21-,23-,24-/m1/s1. The lowest BCUT2D eigenvalue weighted by molar-refractivity contribution is 0.00622. The number of nitrogens with one attached hydrogen (secondary N) is 1. The van der Waals surface area contributed by atoms with Gasteiger partial charge in [-0.05, 0) is 18.2 Å². The molecule has 6 heterocycles. The summed E-state index contributed by atoms with van der Waals surface area (Å²) in [5.41, 5.74) is 6.04. The van der Waals surface area contributed by atoms with Crippen molar-refractivity contribution in [3.8, 4) is 23.0 Å². The van der Waals surface area contributed by atoms with E-state index in [1.54, 1.807) is 6.08 Å². The number of hydrogen-bond donors (Lipinski definition) is 2. The molecule has 10 nitrogen and oxygen atoms in total. The third-order valence-corrected chi connectivity index (χ3v) is 7.39. The number of rotatable bonds is 6. The molecule has 7 rings (SSSR count). The number of ether oxygens (including phenoxy) is 3. The van der Waals surface area contributed by atoms with Crippen LogP contribution in [0.15, 0.2) is 49.2 Å². The molecule has 0 aliphatic carbocycles. The van der Waals surface area contributed by atoms with Gasteiger partial charge in [0.1, 0.15) is 18.3 Å². The third kappa shape index (κ3) is 3.84. The fourth-order valence-electron chi connectivity index (χ4n) is 5.24. The number of pyridine rings is 1. The van der Waals surface area contributed by atoms with E-state index >= 15 is 0 Å². The summed E-state index contributed by atoms with van der Waals surface area (Å²) in [5, 5.41) is 18.5. The highest BCUT2D eigenvalue weighted by Crippen LogP contribution is 2.34. The lowest BCUT2D eigenvalue weighted by atomic mass is 10.1. The maximum absolute atomic E-state index is 10.0. The molecule has 2 saturated heterocycles. The highest BCUT2D eigenvalue weighted by Gasteiger charge is 2.48. The Morgan fingerprint density at radius 1 is 1.16 bits per heavy atom. The van der Waals surface area contributed by atoms with E-state index in [0.717, 1.165) is 35.6 Å². The lowest BCUT2D eigenvalue weighted by Gasteiger charge is -2.17. The number of fused-ring (bicyclic) bond motifs is 3.